The minimum Gasteiger partial charge on any atom is -0.508 e. The number of aliphatic hydroxyl groups is 1. The smallest absolute Gasteiger partial charge is 0.115 e. The summed E-state index contributed by atoms with van der Waals surface area (Å²) in [6.07, 6.45) is 14.5. The Balaban J connectivity index is 1.51. The zero-order chi connectivity index (χ0) is 25.2. The maximum atomic E-state index is 10.3. The highest BCUT2D eigenvalue weighted by atomic mass is 16.5. The van der Waals surface area contributed by atoms with Gasteiger partial charge >= 0.3 is 0 Å². The first-order valence-corrected chi connectivity index (χ1v) is 14.6. The molecule has 6 aliphatic rings. The molecule has 6 unspecified atom stereocenters. The molecule has 7 rings (SSSR count). The lowest BCUT2D eigenvalue weighted by Gasteiger charge is -2.68. The summed E-state index contributed by atoms with van der Waals surface area (Å²) in [6, 6.07) is 5.92. The van der Waals surface area contributed by atoms with Crippen LogP contribution in [-0.4, -0.2) is 33.6 Å². The normalized spacial score (nSPS) is 40.0. The third-order valence-corrected chi connectivity index (χ3v) is 11.2. The molecule has 5 fully saturated rings. The van der Waals surface area contributed by atoms with Crippen molar-refractivity contribution in [1.82, 2.24) is 0 Å². The van der Waals surface area contributed by atoms with E-state index in [-0.39, 0.29) is 29.6 Å². The molecule has 1 aromatic rings. The number of aromatic hydroxyl groups is 1. The molecule has 4 aliphatic carbocycles. The van der Waals surface area contributed by atoms with E-state index in [2.05, 4.69) is 31.8 Å². The highest BCUT2D eigenvalue weighted by molar-refractivity contribution is 5.39. The van der Waals surface area contributed by atoms with Gasteiger partial charge in [-0.3, -0.25) is 0 Å². The second kappa shape index (κ2) is 8.75. The van der Waals surface area contributed by atoms with Crippen molar-refractivity contribution in [2.45, 2.75) is 114 Å². The Kier molecular flexibility index (Phi) is 6.03. The Morgan fingerprint density at radius 1 is 1.11 bits per heavy atom. The van der Waals surface area contributed by atoms with Crippen LogP contribution in [0.25, 0.3) is 0 Å². The first-order valence-electron chi connectivity index (χ1n) is 14.6. The van der Waals surface area contributed by atoms with Crippen LogP contribution in [0.3, 0.4) is 0 Å². The van der Waals surface area contributed by atoms with Crippen LogP contribution >= 0.6 is 0 Å². The van der Waals surface area contributed by atoms with E-state index in [1.165, 1.54) is 56.1 Å². The molecule has 4 heteroatoms. The van der Waals surface area contributed by atoms with Crippen molar-refractivity contribution in [3.05, 3.63) is 29.3 Å². The van der Waals surface area contributed by atoms with E-state index in [4.69, 9.17) is 10.5 Å². The lowest BCUT2D eigenvalue weighted by Crippen LogP contribution is -2.77. The molecule has 0 aromatic heterocycles. The van der Waals surface area contributed by atoms with Crippen molar-refractivity contribution >= 4 is 0 Å². The predicted octanol–water partition coefficient (Wildman–Crippen LogP) is 5.51. The molecule has 2 saturated heterocycles. The van der Waals surface area contributed by atoms with E-state index in [0.717, 1.165) is 25.7 Å². The van der Waals surface area contributed by atoms with Crippen molar-refractivity contribution in [2.75, 3.05) is 6.61 Å². The molecule has 36 heavy (non-hydrogen) atoms. The average Bonchev–Trinajstić information content (AvgIpc) is 3.26. The van der Waals surface area contributed by atoms with Crippen molar-refractivity contribution in [2.24, 2.45) is 34.8 Å². The van der Waals surface area contributed by atoms with Gasteiger partial charge in [-0.05, 0) is 119 Å². The molecule has 196 valence electrons. The van der Waals surface area contributed by atoms with Gasteiger partial charge in [0.2, 0.25) is 0 Å². The van der Waals surface area contributed by atoms with E-state index in [1.54, 1.807) is 0 Å². The van der Waals surface area contributed by atoms with Gasteiger partial charge in [0.25, 0.3) is 0 Å². The standard InChI is InChI=1S/C32H45NO3/c1-29(2)27-11-15-32(36-29)25-18-22(20-30(21-25)12-3-4-13-30)17-24-9-10-26(35)19-23(24)7-5-8-28(32)31(27,33)14-6-16-34/h9-10,19,22,25,27-28,34-35H,3-4,6-7,11-18,20-21,33H2,1-2H3. The van der Waals surface area contributed by atoms with Crippen LogP contribution in [0.4, 0.5) is 0 Å². The summed E-state index contributed by atoms with van der Waals surface area (Å²) in [7, 11) is 0. The molecule has 3 saturated carbocycles. The molecule has 6 atom stereocenters. The fourth-order valence-corrected chi connectivity index (χ4v) is 9.97. The molecule has 0 amide bonds. The SMILES string of the molecule is CC1(C)OC23CCC1C(N)(CCCO)C2C#CCc1cc(O)ccc1CC1CC3CC2(CCCC2)C1. The second-order valence-electron chi connectivity index (χ2n) is 13.7. The first-order chi connectivity index (χ1) is 17.2. The van der Waals surface area contributed by atoms with Gasteiger partial charge in [-0.15, -0.1) is 0 Å². The molecule has 1 aromatic carbocycles. The monoisotopic (exact) mass is 491 g/mol. The quantitative estimate of drug-likeness (QED) is 0.487. The second-order valence-corrected chi connectivity index (χ2v) is 13.7. The number of hydrogen-bond acceptors (Lipinski definition) is 4. The molecular weight excluding hydrogens is 446 g/mol. The minimum atomic E-state index is -0.457. The number of aliphatic hydroxyl groups excluding tert-OH is 1. The van der Waals surface area contributed by atoms with Crippen molar-refractivity contribution in [3.8, 4) is 17.6 Å². The molecule has 4 N–H and O–H groups in total. The van der Waals surface area contributed by atoms with Crippen LogP contribution in [0.2, 0.25) is 0 Å². The van der Waals surface area contributed by atoms with Gasteiger partial charge in [0.05, 0.1) is 17.1 Å². The van der Waals surface area contributed by atoms with Gasteiger partial charge in [-0.2, -0.15) is 0 Å². The summed E-state index contributed by atoms with van der Waals surface area (Å²) < 4.78 is 7.31. The molecule has 2 heterocycles. The minimum absolute atomic E-state index is 0.0237. The fraction of sp³-hybridized carbons (Fsp3) is 0.750. The summed E-state index contributed by atoms with van der Waals surface area (Å²) in [5, 5.41) is 20.1. The molecule has 2 spiro atoms. The van der Waals surface area contributed by atoms with Crippen LogP contribution in [0, 0.1) is 40.9 Å². The molecule has 4 nitrogen and oxygen atoms in total. The van der Waals surface area contributed by atoms with Gasteiger partial charge in [-0.25, -0.2) is 0 Å². The summed E-state index contributed by atoms with van der Waals surface area (Å²) in [5.41, 5.74) is 9.39. The maximum Gasteiger partial charge on any atom is 0.115 e. The number of fused-ring (bicyclic) bond motifs is 5. The number of nitrogens with two attached hydrogens (primary N) is 1. The highest BCUT2D eigenvalue weighted by Gasteiger charge is 2.69. The lowest BCUT2D eigenvalue weighted by atomic mass is 9.46. The largest absolute Gasteiger partial charge is 0.508 e. The number of benzene rings is 1. The third-order valence-electron chi connectivity index (χ3n) is 11.2. The van der Waals surface area contributed by atoms with E-state index in [1.807, 2.05) is 12.1 Å². The summed E-state index contributed by atoms with van der Waals surface area (Å²) in [5.74, 6) is 8.94. The fourth-order valence-electron chi connectivity index (χ4n) is 9.97. The van der Waals surface area contributed by atoms with E-state index in [0.29, 0.717) is 35.8 Å². The molecular formula is C32H45NO3. The van der Waals surface area contributed by atoms with E-state index in [9.17, 15) is 10.2 Å². The van der Waals surface area contributed by atoms with Crippen LogP contribution in [-0.2, 0) is 17.6 Å². The topological polar surface area (TPSA) is 75.7 Å². The highest BCUT2D eigenvalue weighted by Crippen LogP contribution is 2.65. The summed E-state index contributed by atoms with van der Waals surface area (Å²) >= 11 is 0. The van der Waals surface area contributed by atoms with Gasteiger partial charge < -0.3 is 20.7 Å². The Morgan fingerprint density at radius 2 is 1.92 bits per heavy atom. The Labute approximate surface area is 217 Å². The molecule has 2 aliphatic heterocycles. The predicted molar refractivity (Wildman–Crippen MR) is 142 cm³/mol. The van der Waals surface area contributed by atoms with Crippen molar-refractivity contribution in [1.29, 1.82) is 0 Å². The maximum absolute atomic E-state index is 10.3. The Bertz CT molecular complexity index is 1060. The van der Waals surface area contributed by atoms with Crippen LogP contribution in [0.1, 0.15) is 95.6 Å². The molecule has 4 bridgehead atoms. The molecule has 0 radical (unpaired) electrons. The van der Waals surface area contributed by atoms with Gasteiger partial charge in [0, 0.05) is 24.5 Å². The Morgan fingerprint density at radius 3 is 2.67 bits per heavy atom. The van der Waals surface area contributed by atoms with Crippen LogP contribution < -0.4 is 5.73 Å². The van der Waals surface area contributed by atoms with Crippen LogP contribution in [0.15, 0.2) is 18.2 Å². The van der Waals surface area contributed by atoms with Crippen molar-refractivity contribution < 1.29 is 14.9 Å². The first kappa shape index (κ1) is 24.8. The number of rotatable bonds is 3. The Hall–Kier alpha value is -1.54. The van der Waals surface area contributed by atoms with Gasteiger partial charge in [0.1, 0.15) is 5.75 Å². The van der Waals surface area contributed by atoms with Gasteiger partial charge in [0.15, 0.2) is 0 Å². The average molecular weight is 492 g/mol. The zero-order valence-corrected chi connectivity index (χ0v) is 22.3. The summed E-state index contributed by atoms with van der Waals surface area (Å²) in [4.78, 5) is 0. The zero-order valence-electron chi connectivity index (χ0n) is 22.3. The van der Waals surface area contributed by atoms with Crippen LogP contribution in [0.5, 0.6) is 5.75 Å². The summed E-state index contributed by atoms with van der Waals surface area (Å²) in [6.45, 7) is 4.69. The third kappa shape index (κ3) is 3.84. The van der Waals surface area contributed by atoms with Crippen molar-refractivity contribution in [3.63, 3.8) is 0 Å². The number of hydrogen-bond donors (Lipinski definition) is 3. The van der Waals surface area contributed by atoms with Gasteiger partial charge in [-0.1, -0.05) is 30.7 Å². The lowest BCUT2D eigenvalue weighted by molar-refractivity contribution is -0.309. The van der Waals surface area contributed by atoms with E-state index >= 15 is 0 Å². The number of phenolic OH excluding ortho intramolecular Hbond substituents is 1. The van der Waals surface area contributed by atoms with E-state index < -0.39 is 5.54 Å². The number of ether oxygens (including phenoxy) is 1. The number of phenols is 1.